The number of hydrogen-bond acceptors (Lipinski definition) is 5. The Morgan fingerprint density at radius 2 is 2.32 bits per heavy atom. The molecule has 3 rings (SSSR count). The Bertz CT molecular complexity index is 547. The van der Waals surface area contributed by atoms with Crippen LogP contribution in [0.1, 0.15) is 43.8 Å². The fourth-order valence-corrected chi connectivity index (χ4v) is 2.44. The van der Waals surface area contributed by atoms with Crippen molar-refractivity contribution in [3.8, 4) is 0 Å². The van der Waals surface area contributed by atoms with Crippen molar-refractivity contribution in [3.05, 3.63) is 29.9 Å². The zero-order chi connectivity index (χ0) is 13.2. The van der Waals surface area contributed by atoms with Crippen LogP contribution in [0.15, 0.2) is 16.9 Å². The fraction of sp³-hybridized carbons (Fsp3) is 0.615. The molecule has 1 unspecified atom stereocenters. The molecule has 0 aromatic carbocycles. The summed E-state index contributed by atoms with van der Waals surface area (Å²) >= 11 is 0. The number of fused-ring (bicyclic) bond motifs is 1. The van der Waals surface area contributed by atoms with Gasteiger partial charge in [0.15, 0.2) is 5.82 Å². The van der Waals surface area contributed by atoms with Crippen molar-refractivity contribution in [1.29, 1.82) is 0 Å². The van der Waals surface area contributed by atoms with E-state index in [1.807, 2.05) is 12.4 Å². The Morgan fingerprint density at radius 1 is 1.42 bits per heavy atom. The summed E-state index contributed by atoms with van der Waals surface area (Å²) in [6.07, 6.45) is 5.80. The molecule has 3 heterocycles. The molecule has 2 aromatic heterocycles. The largest absolute Gasteiger partial charge is 0.338 e. The molecule has 1 aliphatic rings. The molecule has 2 aromatic rings. The topological polar surface area (TPSA) is 60.0 Å². The van der Waals surface area contributed by atoms with E-state index in [9.17, 15) is 0 Å². The first kappa shape index (κ1) is 12.3. The molecule has 0 amide bonds. The molecule has 0 bridgehead atoms. The molecular weight excluding hydrogens is 242 g/mol. The lowest BCUT2D eigenvalue weighted by Crippen LogP contribution is -2.35. The first-order valence-electron chi connectivity index (χ1n) is 6.84. The van der Waals surface area contributed by atoms with E-state index in [1.165, 1.54) is 0 Å². The van der Waals surface area contributed by atoms with Gasteiger partial charge in [-0.05, 0) is 13.3 Å². The van der Waals surface area contributed by atoms with Crippen molar-refractivity contribution in [2.75, 3.05) is 6.54 Å². The number of nitrogens with zero attached hydrogens (tertiary/aromatic N) is 5. The average molecular weight is 261 g/mol. The van der Waals surface area contributed by atoms with Crippen molar-refractivity contribution in [2.24, 2.45) is 0 Å². The van der Waals surface area contributed by atoms with Gasteiger partial charge in [0.1, 0.15) is 5.82 Å². The molecule has 102 valence electrons. The summed E-state index contributed by atoms with van der Waals surface area (Å²) in [6.45, 7) is 7.01. The third-order valence-corrected chi connectivity index (χ3v) is 3.64. The molecule has 1 aliphatic heterocycles. The van der Waals surface area contributed by atoms with E-state index in [0.29, 0.717) is 5.89 Å². The second-order valence-electron chi connectivity index (χ2n) is 4.98. The molecule has 0 saturated heterocycles. The molecule has 19 heavy (non-hydrogen) atoms. The van der Waals surface area contributed by atoms with E-state index >= 15 is 0 Å². The second-order valence-corrected chi connectivity index (χ2v) is 4.98. The molecule has 0 radical (unpaired) electrons. The lowest BCUT2D eigenvalue weighted by atomic mass is 10.2. The van der Waals surface area contributed by atoms with Gasteiger partial charge in [-0.3, -0.25) is 4.90 Å². The Kier molecular flexibility index (Phi) is 3.33. The molecule has 6 nitrogen and oxygen atoms in total. The molecule has 0 aliphatic carbocycles. The fourth-order valence-electron chi connectivity index (χ4n) is 2.44. The van der Waals surface area contributed by atoms with Crippen molar-refractivity contribution < 1.29 is 4.52 Å². The van der Waals surface area contributed by atoms with E-state index in [4.69, 9.17) is 4.52 Å². The summed E-state index contributed by atoms with van der Waals surface area (Å²) in [5, 5.41) is 4.02. The van der Waals surface area contributed by atoms with Crippen molar-refractivity contribution >= 4 is 0 Å². The SMILES string of the molecule is CCCc1noc(C(C)N2CCn3ccnc3C2)n1. The Morgan fingerprint density at radius 3 is 3.16 bits per heavy atom. The number of rotatable bonds is 4. The summed E-state index contributed by atoms with van der Waals surface area (Å²) in [5.41, 5.74) is 0. The highest BCUT2D eigenvalue weighted by molar-refractivity contribution is 4.99. The zero-order valence-corrected chi connectivity index (χ0v) is 11.4. The van der Waals surface area contributed by atoms with Crippen molar-refractivity contribution in [2.45, 2.75) is 45.8 Å². The van der Waals surface area contributed by atoms with E-state index in [0.717, 1.165) is 44.1 Å². The molecule has 0 fully saturated rings. The minimum atomic E-state index is 0.142. The highest BCUT2D eigenvalue weighted by Crippen LogP contribution is 2.23. The third-order valence-electron chi connectivity index (χ3n) is 3.64. The molecule has 0 saturated carbocycles. The van der Waals surface area contributed by atoms with E-state index in [2.05, 4.69) is 38.4 Å². The van der Waals surface area contributed by atoms with Crippen molar-refractivity contribution in [3.63, 3.8) is 0 Å². The Labute approximate surface area is 112 Å². The highest BCUT2D eigenvalue weighted by Gasteiger charge is 2.25. The zero-order valence-electron chi connectivity index (χ0n) is 11.4. The van der Waals surface area contributed by atoms with E-state index in [-0.39, 0.29) is 6.04 Å². The molecule has 6 heteroatoms. The standard InChI is InChI=1S/C13H19N5O/c1-3-4-11-15-13(19-16-11)10(2)18-8-7-17-6-5-14-12(17)9-18/h5-6,10H,3-4,7-9H2,1-2H3. The van der Waals surface area contributed by atoms with Gasteiger partial charge in [0, 0.05) is 31.9 Å². The molecular formula is C13H19N5O. The summed E-state index contributed by atoms with van der Waals surface area (Å²) in [6, 6.07) is 0.142. The summed E-state index contributed by atoms with van der Waals surface area (Å²) in [5.74, 6) is 2.62. The predicted molar refractivity (Wildman–Crippen MR) is 69.3 cm³/mol. The van der Waals surface area contributed by atoms with Crippen LogP contribution in [0.3, 0.4) is 0 Å². The Hall–Kier alpha value is -1.69. The van der Waals surface area contributed by atoms with Crippen LogP contribution in [0.4, 0.5) is 0 Å². The van der Waals surface area contributed by atoms with Gasteiger partial charge < -0.3 is 9.09 Å². The second kappa shape index (κ2) is 5.13. The van der Waals surface area contributed by atoms with Crippen LogP contribution in [0.5, 0.6) is 0 Å². The minimum absolute atomic E-state index is 0.142. The van der Waals surface area contributed by atoms with Crippen LogP contribution in [-0.2, 0) is 19.5 Å². The van der Waals surface area contributed by atoms with Gasteiger partial charge in [0.2, 0.25) is 5.89 Å². The van der Waals surface area contributed by atoms with Crippen LogP contribution in [0.25, 0.3) is 0 Å². The summed E-state index contributed by atoms with van der Waals surface area (Å²) in [4.78, 5) is 11.2. The van der Waals surface area contributed by atoms with Crippen LogP contribution in [0.2, 0.25) is 0 Å². The maximum Gasteiger partial charge on any atom is 0.243 e. The van der Waals surface area contributed by atoms with Crippen LogP contribution < -0.4 is 0 Å². The van der Waals surface area contributed by atoms with Gasteiger partial charge >= 0.3 is 0 Å². The van der Waals surface area contributed by atoms with Crippen molar-refractivity contribution in [1.82, 2.24) is 24.6 Å². The molecule has 0 spiro atoms. The monoisotopic (exact) mass is 261 g/mol. The van der Waals surface area contributed by atoms with Crippen LogP contribution in [0, 0.1) is 0 Å². The lowest BCUT2D eigenvalue weighted by molar-refractivity contribution is 0.136. The lowest BCUT2D eigenvalue weighted by Gasteiger charge is -2.30. The van der Waals surface area contributed by atoms with Crippen LogP contribution in [-0.4, -0.2) is 31.1 Å². The number of imidazole rings is 1. The summed E-state index contributed by atoms with van der Waals surface area (Å²) in [7, 11) is 0. The maximum atomic E-state index is 5.37. The quantitative estimate of drug-likeness (QED) is 0.839. The van der Waals surface area contributed by atoms with Gasteiger partial charge in [-0.1, -0.05) is 12.1 Å². The first-order valence-corrected chi connectivity index (χ1v) is 6.84. The van der Waals surface area contributed by atoms with Gasteiger partial charge in [-0.2, -0.15) is 4.98 Å². The number of hydrogen-bond donors (Lipinski definition) is 0. The predicted octanol–water partition coefficient (Wildman–Crippen LogP) is 1.80. The third kappa shape index (κ3) is 2.40. The van der Waals surface area contributed by atoms with Gasteiger partial charge in [-0.15, -0.1) is 0 Å². The normalized spacial score (nSPS) is 17.4. The Balaban J connectivity index is 1.72. The minimum Gasteiger partial charge on any atom is -0.338 e. The average Bonchev–Trinajstić information content (AvgIpc) is 3.05. The number of aryl methyl sites for hydroxylation is 1. The summed E-state index contributed by atoms with van der Waals surface area (Å²) < 4.78 is 7.57. The molecule has 0 N–H and O–H groups in total. The molecule has 1 atom stereocenters. The van der Waals surface area contributed by atoms with E-state index < -0.39 is 0 Å². The van der Waals surface area contributed by atoms with E-state index in [1.54, 1.807) is 0 Å². The van der Waals surface area contributed by atoms with Gasteiger partial charge in [0.25, 0.3) is 0 Å². The van der Waals surface area contributed by atoms with Gasteiger partial charge in [0.05, 0.1) is 12.6 Å². The van der Waals surface area contributed by atoms with Crippen LogP contribution >= 0.6 is 0 Å². The number of aromatic nitrogens is 4. The maximum absolute atomic E-state index is 5.37. The smallest absolute Gasteiger partial charge is 0.243 e. The first-order chi connectivity index (χ1) is 9.28. The van der Waals surface area contributed by atoms with Gasteiger partial charge in [-0.25, -0.2) is 4.98 Å². The highest BCUT2D eigenvalue weighted by atomic mass is 16.5.